The SMILES string of the molecule is CCCNCCC(CCCCCCc1ccccc1NC=O)CCCN1CCCCO1. The molecule has 0 saturated carbocycles. The Morgan fingerprint density at radius 2 is 1.87 bits per heavy atom. The van der Waals surface area contributed by atoms with Crippen molar-refractivity contribution in [1.82, 2.24) is 10.4 Å². The number of para-hydroxylation sites is 1. The van der Waals surface area contributed by atoms with Gasteiger partial charge in [-0.15, -0.1) is 0 Å². The maximum Gasteiger partial charge on any atom is 0.211 e. The van der Waals surface area contributed by atoms with Crippen LogP contribution in [0.1, 0.15) is 83.1 Å². The summed E-state index contributed by atoms with van der Waals surface area (Å²) in [7, 11) is 0. The van der Waals surface area contributed by atoms with E-state index in [1.54, 1.807) is 0 Å². The van der Waals surface area contributed by atoms with Gasteiger partial charge >= 0.3 is 0 Å². The number of hydrogen-bond acceptors (Lipinski definition) is 4. The lowest BCUT2D eigenvalue weighted by molar-refractivity contribution is -0.181. The third-order valence-corrected chi connectivity index (χ3v) is 6.29. The van der Waals surface area contributed by atoms with E-state index < -0.39 is 0 Å². The molecule has 1 unspecified atom stereocenters. The Hall–Kier alpha value is -1.43. The van der Waals surface area contributed by atoms with Crippen molar-refractivity contribution >= 4 is 12.1 Å². The molecule has 0 spiro atoms. The van der Waals surface area contributed by atoms with Crippen molar-refractivity contribution in [2.75, 3.05) is 38.1 Å². The Morgan fingerprint density at radius 1 is 1.03 bits per heavy atom. The fraction of sp³-hybridized carbons (Fsp3) is 0.731. The van der Waals surface area contributed by atoms with Gasteiger partial charge in [0.2, 0.25) is 6.41 Å². The number of nitrogens with one attached hydrogen (secondary N) is 2. The highest BCUT2D eigenvalue weighted by molar-refractivity contribution is 5.73. The molecule has 2 rings (SSSR count). The average Bonchev–Trinajstić information content (AvgIpc) is 2.80. The second-order valence-electron chi connectivity index (χ2n) is 8.89. The quantitative estimate of drug-likeness (QED) is 0.236. The summed E-state index contributed by atoms with van der Waals surface area (Å²) in [4.78, 5) is 16.5. The van der Waals surface area contributed by atoms with Gasteiger partial charge < -0.3 is 10.6 Å². The number of hydroxylamine groups is 2. The van der Waals surface area contributed by atoms with Crippen LogP contribution in [0.15, 0.2) is 24.3 Å². The van der Waals surface area contributed by atoms with E-state index in [-0.39, 0.29) is 0 Å². The fourth-order valence-corrected chi connectivity index (χ4v) is 4.47. The first-order chi connectivity index (χ1) is 15.3. The number of amides is 1. The zero-order valence-electron chi connectivity index (χ0n) is 19.7. The highest BCUT2D eigenvalue weighted by Gasteiger charge is 2.13. The molecule has 5 heteroatoms. The van der Waals surface area contributed by atoms with E-state index in [1.165, 1.54) is 76.2 Å². The lowest BCUT2D eigenvalue weighted by Crippen LogP contribution is -2.31. The molecular formula is C26H45N3O2. The van der Waals surface area contributed by atoms with Gasteiger partial charge in [-0.2, -0.15) is 5.06 Å². The first kappa shape index (κ1) is 25.8. The minimum absolute atomic E-state index is 0.770. The largest absolute Gasteiger partial charge is 0.328 e. The summed E-state index contributed by atoms with van der Waals surface area (Å²) in [6, 6.07) is 8.13. The van der Waals surface area contributed by atoms with Crippen LogP contribution in [0.5, 0.6) is 0 Å². The molecule has 2 N–H and O–H groups in total. The summed E-state index contributed by atoms with van der Waals surface area (Å²) in [6.07, 6.45) is 15.8. The van der Waals surface area contributed by atoms with Gasteiger partial charge in [0.25, 0.3) is 0 Å². The van der Waals surface area contributed by atoms with Crippen LogP contribution < -0.4 is 10.6 Å². The number of benzene rings is 1. The number of anilines is 1. The zero-order valence-corrected chi connectivity index (χ0v) is 19.7. The van der Waals surface area contributed by atoms with E-state index >= 15 is 0 Å². The minimum atomic E-state index is 0.770. The molecule has 1 aliphatic rings. The second kappa shape index (κ2) is 17.2. The van der Waals surface area contributed by atoms with Crippen LogP contribution in [-0.4, -0.2) is 44.3 Å². The van der Waals surface area contributed by atoms with Crippen LogP contribution in [0.3, 0.4) is 0 Å². The average molecular weight is 432 g/mol. The molecule has 5 nitrogen and oxygen atoms in total. The van der Waals surface area contributed by atoms with Crippen LogP contribution in [0.2, 0.25) is 0 Å². The lowest BCUT2D eigenvalue weighted by Gasteiger charge is -2.26. The maximum atomic E-state index is 10.8. The highest BCUT2D eigenvalue weighted by Crippen LogP contribution is 2.22. The molecule has 0 aliphatic carbocycles. The topological polar surface area (TPSA) is 53.6 Å². The molecule has 31 heavy (non-hydrogen) atoms. The fourth-order valence-electron chi connectivity index (χ4n) is 4.47. The summed E-state index contributed by atoms with van der Waals surface area (Å²) in [5.41, 5.74) is 2.20. The van der Waals surface area contributed by atoms with Crippen molar-refractivity contribution in [3.05, 3.63) is 29.8 Å². The summed E-state index contributed by atoms with van der Waals surface area (Å²) in [5, 5.41) is 8.59. The first-order valence-electron chi connectivity index (χ1n) is 12.7. The standard InChI is InChI=1S/C26H45N3O2/c1-2-18-27-19-17-24(13-11-21-29-20-9-10-22-31-29)12-5-3-4-6-14-25-15-7-8-16-26(25)28-23-30/h7-8,15-16,23-24,27H,2-6,9-14,17-22H2,1H3,(H,28,30). The van der Waals surface area contributed by atoms with Gasteiger partial charge in [0.1, 0.15) is 0 Å². The summed E-state index contributed by atoms with van der Waals surface area (Å²) in [5.74, 6) is 0.826. The molecule has 1 aromatic carbocycles. The van der Waals surface area contributed by atoms with Gasteiger partial charge in [-0.25, -0.2) is 0 Å². The molecule has 176 valence electrons. The molecule has 0 radical (unpaired) electrons. The number of carbonyl (C=O) groups is 1. The summed E-state index contributed by atoms with van der Waals surface area (Å²) < 4.78 is 0. The molecule has 1 amide bonds. The van der Waals surface area contributed by atoms with Crippen molar-refractivity contribution in [3.63, 3.8) is 0 Å². The van der Waals surface area contributed by atoms with E-state index in [0.29, 0.717) is 0 Å². The van der Waals surface area contributed by atoms with Gasteiger partial charge in [0.15, 0.2) is 0 Å². The third kappa shape index (κ3) is 11.7. The van der Waals surface area contributed by atoms with Crippen LogP contribution in [0.4, 0.5) is 5.69 Å². The van der Waals surface area contributed by atoms with E-state index in [1.807, 2.05) is 12.1 Å². The monoisotopic (exact) mass is 431 g/mol. The van der Waals surface area contributed by atoms with Gasteiger partial charge in [-0.3, -0.25) is 9.63 Å². The van der Waals surface area contributed by atoms with Crippen LogP contribution >= 0.6 is 0 Å². The molecule has 1 atom stereocenters. The number of nitrogens with zero attached hydrogens (tertiary/aromatic N) is 1. The molecule has 1 saturated heterocycles. The Kier molecular flexibility index (Phi) is 14.3. The molecule has 1 heterocycles. The number of carbonyl (C=O) groups excluding carboxylic acids is 1. The predicted molar refractivity (Wildman–Crippen MR) is 130 cm³/mol. The molecule has 1 fully saturated rings. The Bertz CT molecular complexity index is 576. The molecular weight excluding hydrogens is 386 g/mol. The van der Waals surface area contributed by atoms with Crippen molar-refractivity contribution in [2.45, 2.75) is 84.0 Å². The summed E-state index contributed by atoms with van der Waals surface area (Å²) in [6.45, 7) is 7.62. The lowest BCUT2D eigenvalue weighted by atomic mass is 9.92. The van der Waals surface area contributed by atoms with Crippen molar-refractivity contribution in [2.24, 2.45) is 5.92 Å². The third-order valence-electron chi connectivity index (χ3n) is 6.29. The summed E-state index contributed by atoms with van der Waals surface area (Å²) >= 11 is 0. The van der Waals surface area contributed by atoms with Crippen LogP contribution in [0.25, 0.3) is 0 Å². The Labute approximate surface area is 190 Å². The molecule has 0 aromatic heterocycles. The molecule has 0 bridgehead atoms. The van der Waals surface area contributed by atoms with Crippen molar-refractivity contribution in [3.8, 4) is 0 Å². The van der Waals surface area contributed by atoms with E-state index in [9.17, 15) is 4.79 Å². The first-order valence-corrected chi connectivity index (χ1v) is 12.7. The van der Waals surface area contributed by atoms with Gasteiger partial charge in [-0.1, -0.05) is 50.8 Å². The van der Waals surface area contributed by atoms with Gasteiger partial charge in [0.05, 0.1) is 6.61 Å². The maximum absolute atomic E-state index is 10.8. The Balaban J connectivity index is 1.61. The van der Waals surface area contributed by atoms with Crippen molar-refractivity contribution in [1.29, 1.82) is 0 Å². The normalized spacial score (nSPS) is 15.6. The number of rotatable bonds is 18. The van der Waals surface area contributed by atoms with Gasteiger partial charge in [0, 0.05) is 18.8 Å². The predicted octanol–water partition coefficient (Wildman–Crippen LogP) is 5.56. The highest BCUT2D eigenvalue weighted by atomic mass is 16.7. The molecule has 1 aromatic rings. The smallest absolute Gasteiger partial charge is 0.211 e. The van der Waals surface area contributed by atoms with Crippen molar-refractivity contribution < 1.29 is 9.63 Å². The van der Waals surface area contributed by atoms with E-state index in [4.69, 9.17) is 4.84 Å². The van der Waals surface area contributed by atoms with Crippen LogP contribution in [0, 0.1) is 5.92 Å². The number of aryl methyl sites for hydroxylation is 1. The second-order valence-corrected chi connectivity index (χ2v) is 8.89. The van der Waals surface area contributed by atoms with Crippen LogP contribution in [-0.2, 0) is 16.1 Å². The zero-order chi connectivity index (χ0) is 22.0. The van der Waals surface area contributed by atoms with E-state index in [2.05, 4.69) is 34.8 Å². The number of unbranched alkanes of at least 4 members (excludes halogenated alkanes) is 3. The minimum Gasteiger partial charge on any atom is -0.328 e. The number of hydrogen-bond donors (Lipinski definition) is 2. The van der Waals surface area contributed by atoms with E-state index in [0.717, 1.165) is 57.2 Å². The molecule has 1 aliphatic heterocycles. The van der Waals surface area contributed by atoms with Gasteiger partial charge in [-0.05, 0) is 82.0 Å². The Morgan fingerprint density at radius 3 is 2.68 bits per heavy atom.